The van der Waals surface area contributed by atoms with Gasteiger partial charge in [-0.15, -0.1) is 0 Å². The van der Waals surface area contributed by atoms with Gasteiger partial charge >= 0.3 is 0 Å². The van der Waals surface area contributed by atoms with Gasteiger partial charge in [-0.2, -0.15) is 5.10 Å². The zero-order valence-corrected chi connectivity index (χ0v) is 15.9. The average molecular weight is 348 g/mol. The molecule has 0 amide bonds. The predicted molar refractivity (Wildman–Crippen MR) is 108 cm³/mol. The van der Waals surface area contributed by atoms with Gasteiger partial charge in [0.2, 0.25) is 5.95 Å². The summed E-state index contributed by atoms with van der Waals surface area (Å²) in [5.41, 5.74) is 9.20. The fourth-order valence-corrected chi connectivity index (χ4v) is 3.49. The summed E-state index contributed by atoms with van der Waals surface area (Å²) in [7, 11) is 0. The number of hydrogen-bond acceptors (Lipinski definition) is 4. The number of aryl methyl sites for hydroxylation is 3. The first-order valence-electron chi connectivity index (χ1n) is 8.80. The van der Waals surface area contributed by atoms with Gasteiger partial charge in [0.1, 0.15) is 0 Å². The molecular formula is C21H24N4O. The minimum atomic E-state index is -0.0591. The summed E-state index contributed by atoms with van der Waals surface area (Å²) in [6.45, 7) is 10.7. The van der Waals surface area contributed by atoms with E-state index in [0.29, 0.717) is 23.4 Å². The van der Waals surface area contributed by atoms with Crippen LogP contribution in [0.15, 0.2) is 46.3 Å². The maximum atomic E-state index is 12.7. The molecule has 3 rings (SSSR count). The highest BCUT2D eigenvalue weighted by molar-refractivity contribution is 6.01. The molecular weight excluding hydrogens is 324 g/mol. The Morgan fingerprint density at radius 3 is 2.46 bits per heavy atom. The quantitative estimate of drug-likeness (QED) is 0.568. The van der Waals surface area contributed by atoms with Gasteiger partial charge in [0.25, 0.3) is 5.56 Å². The number of nitrogens with zero attached hydrogens (tertiary/aromatic N) is 3. The molecule has 0 aliphatic rings. The molecule has 0 fully saturated rings. The molecule has 0 atom stereocenters. The second kappa shape index (κ2) is 7.12. The number of hydrazone groups is 1. The van der Waals surface area contributed by atoms with Gasteiger partial charge in [-0.1, -0.05) is 29.8 Å². The molecule has 0 aliphatic heterocycles. The lowest BCUT2D eigenvalue weighted by atomic mass is 9.97. The van der Waals surface area contributed by atoms with Crippen LogP contribution in [0.2, 0.25) is 0 Å². The number of para-hydroxylation sites is 1. The van der Waals surface area contributed by atoms with Crippen LogP contribution < -0.4 is 11.0 Å². The standard InChI is InChI=1S/C21H24N4O/c1-6-25-20(26)17-9-7-8-10-18(17)22-21(25)24-23-16(5)19-14(3)11-13(2)12-15(19)4/h7-12H,6H2,1-5H3,(H,22,24)/b23-16-. The predicted octanol–water partition coefficient (Wildman–Crippen LogP) is 4.18. The number of fused-ring (bicyclic) bond motifs is 1. The van der Waals surface area contributed by atoms with Crippen LogP contribution in [0.25, 0.3) is 10.9 Å². The summed E-state index contributed by atoms with van der Waals surface area (Å²) in [5.74, 6) is 0.456. The third-order valence-electron chi connectivity index (χ3n) is 4.54. The Hall–Kier alpha value is -2.95. The smallest absolute Gasteiger partial charge is 0.262 e. The molecule has 5 heteroatoms. The molecule has 1 heterocycles. The molecule has 134 valence electrons. The third kappa shape index (κ3) is 3.25. The molecule has 0 aliphatic carbocycles. The van der Waals surface area contributed by atoms with Crippen molar-refractivity contribution in [2.75, 3.05) is 5.43 Å². The molecule has 0 radical (unpaired) electrons. The Balaban J connectivity index is 2.04. The van der Waals surface area contributed by atoms with E-state index in [4.69, 9.17) is 0 Å². The zero-order valence-electron chi connectivity index (χ0n) is 15.9. The topological polar surface area (TPSA) is 59.3 Å². The molecule has 26 heavy (non-hydrogen) atoms. The van der Waals surface area contributed by atoms with Gasteiger partial charge in [0, 0.05) is 12.1 Å². The van der Waals surface area contributed by atoms with Crippen molar-refractivity contribution in [2.24, 2.45) is 5.10 Å². The highest BCUT2D eigenvalue weighted by atomic mass is 16.1. The number of benzene rings is 2. The van der Waals surface area contributed by atoms with E-state index >= 15 is 0 Å². The highest BCUT2D eigenvalue weighted by Gasteiger charge is 2.10. The van der Waals surface area contributed by atoms with Crippen molar-refractivity contribution in [3.63, 3.8) is 0 Å². The van der Waals surface area contributed by atoms with Crippen LogP contribution in [0.4, 0.5) is 5.95 Å². The summed E-state index contributed by atoms with van der Waals surface area (Å²) < 4.78 is 1.61. The monoisotopic (exact) mass is 348 g/mol. The third-order valence-corrected chi connectivity index (χ3v) is 4.54. The molecule has 2 aromatic carbocycles. The SMILES string of the molecule is CCn1c(N/N=C(/C)c2c(C)cc(C)cc2C)nc2ccccc2c1=O. The van der Waals surface area contributed by atoms with E-state index in [2.05, 4.69) is 48.4 Å². The van der Waals surface area contributed by atoms with Crippen LogP contribution in [0.3, 0.4) is 0 Å². The van der Waals surface area contributed by atoms with Gasteiger partial charge in [-0.3, -0.25) is 9.36 Å². The van der Waals surface area contributed by atoms with Crippen molar-refractivity contribution in [1.29, 1.82) is 0 Å². The van der Waals surface area contributed by atoms with Gasteiger partial charge in [-0.25, -0.2) is 10.4 Å². The van der Waals surface area contributed by atoms with Gasteiger partial charge in [0.15, 0.2) is 0 Å². The number of anilines is 1. The van der Waals surface area contributed by atoms with Crippen LogP contribution in [0.1, 0.15) is 36.1 Å². The first-order valence-corrected chi connectivity index (χ1v) is 8.80. The lowest BCUT2D eigenvalue weighted by Crippen LogP contribution is -2.23. The second-order valence-corrected chi connectivity index (χ2v) is 6.58. The molecule has 3 aromatic rings. The van der Waals surface area contributed by atoms with E-state index in [1.54, 1.807) is 10.6 Å². The van der Waals surface area contributed by atoms with Gasteiger partial charge in [0.05, 0.1) is 16.6 Å². The fraction of sp³-hybridized carbons (Fsp3) is 0.286. The molecule has 5 nitrogen and oxygen atoms in total. The van der Waals surface area contributed by atoms with Gasteiger partial charge < -0.3 is 0 Å². The minimum absolute atomic E-state index is 0.0591. The van der Waals surface area contributed by atoms with E-state index in [1.807, 2.05) is 32.0 Å². The van der Waals surface area contributed by atoms with Crippen LogP contribution in [-0.2, 0) is 6.54 Å². The molecule has 1 aromatic heterocycles. The van der Waals surface area contributed by atoms with Crippen molar-refractivity contribution >= 4 is 22.6 Å². The Labute approximate surface area is 153 Å². The lowest BCUT2D eigenvalue weighted by molar-refractivity contribution is 0.724. The number of aromatic nitrogens is 2. The molecule has 0 unspecified atom stereocenters. The summed E-state index contributed by atoms with van der Waals surface area (Å²) in [6.07, 6.45) is 0. The molecule has 0 bridgehead atoms. The Morgan fingerprint density at radius 2 is 1.81 bits per heavy atom. The van der Waals surface area contributed by atoms with Crippen LogP contribution in [0, 0.1) is 20.8 Å². The minimum Gasteiger partial charge on any atom is -0.277 e. The molecule has 0 spiro atoms. The van der Waals surface area contributed by atoms with Crippen molar-refractivity contribution in [3.8, 4) is 0 Å². The summed E-state index contributed by atoms with van der Waals surface area (Å²) >= 11 is 0. The lowest BCUT2D eigenvalue weighted by Gasteiger charge is -2.13. The Morgan fingerprint density at radius 1 is 1.15 bits per heavy atom. The normalized spacial score (nSPS) is 11.8. The zero-order chi connectivity index (χ0) is 18.8. The average Bonchev–Trinajstić information content (AvgIpc) is 2.59. The van der Waals surface area contributed by atoms with Crippen molar-refractivity contribution < 1.29 is 0 Å². The van der Waals surface area contributed by atoms with E-state index in [9.17, 15) is 4.79 Å². The van der Waals surface area contributed by atoms with Crippen LogP contribution in [0.5, 0.6) is 0 Å². The number of rotatable bonds is 4. The summed E-state index contributed by atoms with van der Waals surface area (Å²) in [5, 5.41) is 5.13. The highest BCUT2D eigenvalue weighted by Crippen LogP contribution is 2.18. The van der Waals surface area contributed by atoms with Crippen LogP contribution >= 0.6 is 0 Å². The first-order chi connectivity index (χ1) is 12.4. The molecule has 0 saturated carbocycles. The first kappa shape index (κ1) is 17.9. The van der Waals surface area contributed by atoms with Crippen LogP contribution in [-0.4, -0.2) is 15.3 Å². The number of nitrogens with one attached hydrogen (secondary N) is 1. The van der Waals surface area contributed by atoms with E-state index < -0.39 is 0 Å². The van der Waals surface area contributed by atoms with Gasteiger partial charge in [-0.05, 0) is 57.9 Å². The Kier molecular flexibility index (Phi) is 4.89. The summed E-state index contributed by atoms with van der Waals surface area (Å²) in [4.78, 5) is 17.3. The van der Waals surface area contributed by atoms with Crippen molar-refractivity contribution in [2.45, 2.75) is 41.2 Å². The summed E-state index contributed by atoms with van der Waals surface area (Å²) in [6, 6.07) is 11.7. The molecule has 0 saturated heterocycles. The fourth-order valence-electron chi connectivity index (χ4n) is 3.49. The van der Waals surface area contributed by atoms with E-state index in [1.165, 1.54) is 16.7 Å². The maximum Gasteiger partial charge on any atom is 0.262 e. The largest absolute Gasteiger partial charge is 0.277 e. The van der Waals surface area contributed by atoms with E-state index in [-0.39, 0.29) is 5.56 Å². The van der Waals surface area contributed by atoms with Crippen molar-refractivity contribution in [1.82, 2.24) is 9.55 Å². The van der Waals surface area contributed by atoms with Crippen molar-refractivity contribution in [3.05, 3.63) is 69.0 Å². The number of hydrogen-bond donors (Lipinski definition) is 1. The van der Waals surface area contributed by atoms with E-state index in [0.717, 1.165) is 11.3 Å². The second-order valence-electron chi connectivity index (χ2n) is 6.58. The Bertz CT molecular complexity index is 1040. The molecule has 1 N–H and O–H groups in total. The maximum absolute atomic E-state index is 12.7.